The minimum atomic E-state index is -4.72. The zero-order valence-electron chi connectivity index (χ0n) is 12.1. The Morgan fingerprint density at radius 3 is 2.14 bits per heavy atom. The molecule has 0 aliphatic carbocycles. The van der Waals surface area contributed by atoms with Crippen LogP contribution in [-0.4, -0.2) is 34.4 Å². The lowest BCUT2D eigenvalue weighted by Crippen LogP contribution is -2.49. The van der Waals surface area contributed by atoms with Gasteiger partial charge in [0.1, 0.15) is 11.3 Å². The predicted octanol–water partition coefficient (Wildman–Crippen LogP) is 3.27. The molecule has 0 bridgehead atoms. The van der Waals surface area contributed by atoms with E-state index in [1.54, 1.807) is 18.7 Å². The molecule has 0 aliphatic heterocycles. The van der Waals surface area contributed by atoms with E-state index in [-0.39, 0.29) is 5.75 Å². The van der Waals surface area contributed by atoms with Crippen molar-refractivity contribution in [2.24, 2.45) is 0 Å². The Kier molecular flexibility index (Phi) is 5.22. The van der Waals surface area contributed by atoms with Crippen LogP contribution in [0.1, 0.15) is 26.3 Å². The normalized spacial score (nSPS) is 12.5. The summed E-state index contributed by atoms with van der Waals surface area (Å²) in [6.45, 7) is 5.81. The highest BCUT2D eigenvalue weighted by atomic mass is 19.4. The van der Waals surface area contributed by atoms with Crippen molar-refractivity contribution in [2.75, 3.05) is 6.54 Å². The number of carbonyl (C=O) groups is 1. The summed E-state index contributed by atoms with van der Waals surface area (Å²) >= 11 is 0. The van der Waals surface area contributed by atoms with E-state index >= 15 is 0 Å². The van der Waals surface area contributed by atoms with Gasteiger partial charge in [0.05, 0.1) is 0 Å². The second kappa shape index (κ2) is 6.34. The standard InChI is InChI=1S/C14H18F3NO3/c1-4-18(13(2,3)12(19)20)9-10-5-7-11(8-6-10)21-14(15,16)17/h5-8H,4,9H2,1-3H3,(H,19,20). The minimum absolute atomic E-state index is 0.299. The van der Waals surface area contributed by atoms with E-state index in [9.17, 15) is 23.1 Å². The summed E-state index contributed by atoms with van der Waals surface area (Å²) in [5.41, 5.74) is -0.351. The van der Waals surface area contributed by atoms with Gasteiger partial charge in [-0.05, 0) is 38.1 Å². The number of ether oxygens (including phenoxy) is 1. The van der Waals surface area contributed by atoms with Crippen LogP contribution in [0.25, 0.3) is 0 Å². The molecule has 1 N–H and O–H groups in total. The molecule has 0 spiro atoms. The van der Waals surface area contributed by atoms with Crippen molar-refractivity contribution < 1.29 is 27.8 Å². The molecule has 0 unspecified atom stereocenters. The smallest absolute Gasteiger partial charge is 0.480 e. The van der Waals surface area contributed by atoms with Gasteiger partial charge < -0.3 is 9.84 Å². The summed E-state index contributed by atoms with van der Waals surface area (Å²) in [4.78, 5) is 13.0. The van der Waals surface area contributed by atoms with Crippen molar-refractivity contribution >= 4 is 5.97 Å². The first-order valence-corrected chi connectivity index (χ1v) is 6.39. The summed E-state index contributed by atoms with van der Waals surface area (Å²) in [6, 6.07) is 5.40. The van der Waals surface area contributed by atoms with Crippen molar-refractivity contribution in [3.63, 3.8) is 0 Å². The van der Waals surface area contributed by atoms with Gasteiger partial charge >= 0.3 is 12.3 Å². The number of likely N-dealkylation sites (N-methyl/N-ethyl adjacent to an activating group) is 1. The van der Waals surface area contributed by atoms with E-state index < -0.39 is 17.9 Å². The van der Waals surface area contributed by atoms with E-state index in [1.165, 1.54) is 24.3 Å². The number of hydrogen-bond donors (Lipinski definition) is 1. The topological polar surface area (TPSA) is 49.8 Å². The Hall–Kier alpha value is -1.76. The predicted molar refractivity (Wildman–Crippen MR) is 70.9 cm³/mol. The third-order valence-electron chi connectivity index (χ3n) is 3.23. The summed E-state index contributed by atoms with van der Waals surface area (Å²) in [6.07, 6.45) is -4.72. The molecule has 0 atom stereocenters. The average Bonchev–Trinajstić information content (AvgIpc) is 2.35. The quantitative estimate of drug-likeness (QED) is 0.876. The zero-order valence-corrected chi connectivity index (χ0v) is 12.1. The second-order valence-corrected chi connectivity index (χ2v) is 5.07. The molecule has 0 amide bonds. The lowest BCUT2D eigenvalue weighted by Gasteiger charge is -2.34. The first kappa shape index (κ1) is 17.3. The van der Waals surface area contributed by atoms with E-state index in [2.05, 4.69) is 4.74 Å². The van der Waals surface area contributed by atoms with Crippen LogP contribution >= 0.6 is 0 Å². The number of aliphatic carboxylic acids is 1. The number of benzene rings is 1. The second-order valence-electron chi connectivity index (χ2n) is 5.07. The number of rotatable bonds is 6. The maximum absolute atomic E-state index is 12.1. The summed E-state index contributed by atoms with van der Waals surface area (Å²) < 4.78 is 40.0. The molecule has 0 heterocycles. The SMILES string of the molecule is CCN(Cc1ccc(OC(F)(F)F)cc1)C(C)(C)C(=O)O. The van der Waals surface area contributed by atoms with Crippen LogP contribution in [0.5, 0.6) is 5.75 Å². The van der Waals surface area contributed by atoms with Crippen molar-refractivity contribution in [2.45, 2.75) is 39.2 Å². The Morgan fingerprint density at radius 1 is 1.24 bits per heavy atom. The van der Waals surface area contributed by atoms with Crippen LogP contribution in [0.15, 0.2) is 24.3 Å². The van der Waals surface area contributed by atoms with Gasteiger partial charge in [-0.15, -0.1) is 13.2 Å². The van der Waals surface area contributed by atoms with E-state index in [4.69, 9.17) is 0 Å². The molecular weight excluding hydrogens is 287 g/mol. The fourth-order valence-corrected chi connectivity index (χ4v) is 1.86. The summed E-state index contributed by atoms with van der Waals surface area (Å²) in [5.74, 6) is -1.26. The molecule has 21 heavy (non-hydrogen) atoms. The molecule has 0 aliphatic rings. The zero-order chi connectivity index (χ0) is 16.3. The molecule has 0 saturated carbocycles. The number of carboxylic acids is 1. The molecule has 0 radical (unpaired) electrons. The Bertz CT molecular complexity index is 483. The first-order valence-electron chi connectivity index (χ1n) is 6.39. The van der Waals surface area contributed by atoms with E-state index in [0.717, 1.165) is 0 Å². The van der Waals surface area contributed by atoms with E-state index in [0.29, 0.717) is 18.7 Å². The number of nitrogens with zero attached hydrogens (tertiary/aromatic N) is 1. The van der Waals surface area contributed by atoms with Crippen molar-refractivity contribution in [1.82, 2.24) is 4.90 Å². The van der Waals surface area contributed by atoms with Crippen LogP contribution in [0, 0.1) is 0 Å². The third-order valence-corrected chi connectivity index (χ3v) is 3.23. The molecule has 1 aromatic carbocycles. The Morgan fingerprint density at radius 2 is 1.76 bits per heavy atom. The molecular formula is C14H18F3NO3. The molecule has 118 valence electrons. The van der Waals surface area contributed by atoms with Gasteiger partial charge in [-0.3, -0.25) is 9.69 Å². The van der Waals surface area contributed by atoms with Crippen LogP contribution in [-0.2, 0) is 11.3 Å². The van der Waals surface area contributed by atoms with Gasteiger partial charge in [0.2, 0.25) is 0 Å². The molecule has 1 rings (SSSR count). The summed E-state index contributed by atoms with van der Waals surface area (Å²) in [5, 5.41) is 9.21. The van der Waals surface area contributed by atoms with Crippen LogP contribution in [0.2, 0.25) is 0 Å². The average molecular weight is 305 g/mol. The fourth-order valence-electron chi connectivity index (χ4n) is 1.86. The number of alkyl halides is 3. The molecule has 7 heteroatoms. The fraction of sp³-hybridized carbons (Fsp3) is 0.500. The Balaban J connectivity index is 2.81. The lowest BCUT2D eigenvalue weighted by molar-refractivity contribution is -0.274. The number of carboxylic acid groups (broad SMARTS) is 1. The molecule has 1 aromatic rings. The van der Waals surface area contributed by atoms with Gasteiger partial charge in [0.25, 0.3) is 0 Å². The monoisotopic (exact) mass is 305 g/mol. The molecule has 0 aromatic heterocycles. The van der Waals surface area contributed by atoms with E-state index in [1.807, 2.05) is 6.92 Å². The maximum Gasteiger partial charge on any atom is 0.573 e. The molecule has 0 saturated heterocycles. The van der Waals surface area contributed by atoms with Crippen LogP contribution < -0.4 is 4.74 Å². The van der Waals surface area contributed by atoms with Crippen LogP contribution in [0.3, 0.4) is 0 Å². The Labute approximate surface area is 121 Å². The third kappa shape index (κ3) is 4.93. The van der Waals surface area contributed by atoms with Gasteiger partial charge in [-0.2, -0.15) is 0 Å². The molecule has 4 nitrogen and oxygen atoms in total. The minimum Gasteiger partial charge on any atom is -0.480 e. The van der Waals surface area contributed by atoms with Gasteiger partial charge in [0, 0.05) is 6.54 Å². The lowest BCUT2D eigenvalue weighted by atomic mass is 10.0. The molecule has 0 fully saturated rings. The first-order chi connectivity index (χ1) is 9.56. The van der Waals surface area contributed by atoms with Gasteiger partial charge in [-0.1, -0.05) is 19.1 Å². The largest absolute Gasteiger partial charge is 0.573 e. The maximum atomic E-state index is 12.1. The van der Waals surface area contributed by atoms with Crippen molar-refractivity contribution in [1.29, 1.82) is 0 Å². The number of hydrogen-bond acceptors (Lipinski definition) is 3. The highest BCUT2D eigenvalue weighted by Crippen LogP contribution is 2.24. The van der Waals surface area contributed by atoms with Crippen molar-refractivity contribution in [3.8, 4) is 5.75 Å². The van der Waals surface area contributed by atoms with Crippen LogP contribution in [0.4, 0.5) is 13.2 Å². The number of halogens is 3. The summed E-state index contributed by atoms with van der Waals surface area (Å²) in [7, 11) is 0. The van der Waals surface area contributed by atoms with Gasteiger partial charge in [-0.25, -0.2) is 0 Å². The highest BCUT2D eigenvalue weighted by Gasteiger charge is 2.33. The van der Waals surface area contributed by atoms with Crippen molar-refractivity contribution in [3.05, 3.63) is 29.8 Å². The highest BCUT2D eigenvalue weighted by molar-refractivity contribution is 5.77. The van der Waals surface area contributed by atoms with Gasteiger partial charge in [0.15, 0.2) is 0 Å².